The molecule has 2 amide bonds. The normalized spacial score (nSPS) is 11.0. The molecule has 41 heavy (non-hydrogen) atoms. The van der Waals surface area contributed by atoms with Crippen LogP contribution in [0.15, 0.2) is 36.4 Å². The van der Waals surface area contributed by atoms with Crippen molar-refractivity contribution in [3.05, 3.63) is 69.8 Å². The van der Waals surface area contributed by atoms with Crippen LogP contribution in [0.3, 0.4) is 0 Å². The van der Waals surface area contributed by atoms with Crippen molar-refractivity contribution >= 4 is 35.7 Å². The molecule has 0 saturated carbocycles. The third-order valence-electron chi connectivity index (χ3n) is 4.93. The van der Waals surface area contributed by atoms with Gasteiger partial charge in [0.2, 0.25) is 0 Å². The molecule has 0 radical (unpaired) electrons. The molecule has 2 atom stereocenters. The van der Waals surface area contributed by atoms with Crippen LogP contribution in [0.5, 0.6) is 0 Å². The quantitative estimate of drug-likeness (QED) is 0.216. The van der Waals surface area contributed by atoms with Crippen molar-refractivity contribution in [2.24, 2.45) is 0 Å². The number of rotatable bonds is 12. The van der Waals surface area contributed by atoms with Crippen LogP contribution in [0.1, 0.15) is 76.0 Å². The number of carboxylic acids is 4. The van der Waals surface area contributed by atoms with Crippen molar-refractivity contribution in [1.29, 1.82) is 0 Å². The second kappa shape index (κ2) is 21.0. The minimum Gasteiger partial charge on any atom is -0.545 e. The average Bonchev–Trinajstić information content (AvgIpc) is 2.82. The molecule has 2 aromatic carbocycles. The van der Waals surface area contributed by atoms with Gasteiger partial charge in [0, 0.05) is 34.3 Å². The monoisotopic (exact) mass is 604 g/mol. The summed E-state index contributed by atoms with van der Waals surface area (Å²) in [5.74, 6) is -8.38. The van der Waals surface area contributed by atoms with Crippen molar-refractivity contribution in [3.63, 3.8) is 0 Å². The first kappa shape index (κ1) is 44.7. The van der Waals surface area contributed by atoms with Gasteiger partial charge in [-0.05, 0) is 37.1 Å². The number of benzene rings is 2. The molecule has 0 aliphatic carbocycles. The van der Waals surface area contributed by atoms with E-state index in [4.69, 9.17) is 4.74 Å². The molecule has 2 unspecified atom stereocenters. The van der Waals surface area contributed by atoms with Gasteiger partial charge in [0.15, 0.2) is 0 Å². The molecule has 0 heterocycles. The van der Waals surface area contributed by atoms with E-state index in [1.165, 1.54) is 13.8 Å². The molecule has 0 aromatic heterocycles. The smallest absolute Gasteiger partial charge is 0.545 e. The Bertz CT molecular complexity index is 1180. The summed E-state index contributed by atoms with van der Waals surface area (Å²) in [6.07, 6.45) is 0. The first-order valence-electron chi connectivity index (χ1n) is 10.6. The zero-order valence-corrected chi connectivity index (χ0v) is 31.5. The second-order valence-electron chi connectivity index (χ2n) is 7.96. The van der Waals surface area contributed by atoms with Gasteiger partial charge in [-0.3, -0.25) is 9.59 Å². The predicted molar refractivity (Wildman–Crippen MR) is 115 cm³/mol. The van der Waals surface area contributed by atoms with E-state index in [2.05, 4.69) is 10.6 Å². The molecule has 0 saturated heterocycles. The molecule has 0 spiro atoms. The number of carbonyl (C=O) groups excluding carboxylic acids is 6. The van der Waals surface area contributed by atoms with Gasteiger partial charge in [-0.25, -0.2) is 0 Å². The fraction of sp³-hybridized carbons (Fsp3) is 0.250. The maximum Gasteiger partial charge on any atom is 1.00 e. The maximum atomic E-state index is 12.5. The number of nitrogens with one attached hydrogen (secondary N) is 2. The largest absolute Gasteiger partial charge is 1.00 e. The van der Waals surface area contributed by atoms with Crippen LogP contribution in [0.2, 0.25) is 0 Å². The molecule has 2 rings (SSSR count). The molecule has 196 valence electrons. The molecule has 0 fully saturated rings. The molecular weight excluding hydrogens is 584 g/mol. The van der Waals surface area contributed by atoms with Crippen LogP contribution in [0.25, 0.3) is 0 Å². The maximum absolute atomic E-state index is 12.5. The van der Waals surface area contributed by atoms with E-state index in [-0.39, 0.29) is 131 Å². The SMILES string of the molecule is CC(COCC(C)NC(=O)c1cc(C(=O)[O-])ccc1C(=O)[O-])NC(=O)c1cc(C(=O)[O-])ccc1C(=O)[O-].[Na+].[Na+].[Na+].[Na+]. The predicted octanol–water partition coefficient (Wildman–Crippen LogP) is -15.9. The van der Waals surface area contributed by atoms with Crippen LogP contribution < -0.4 is 149 Å². The van der Waals surface area contributed by atoms with Crippen LogP contribution >= 0.6 is 0 Å². The van der Waals surface area contributed by atoms with E-state index in [0.29, 0.717) is 0 Å². The van der Waals surface area contributed by atoms with Crippen LogP contribution in [0.4, 0.5) is 0 Å². The Kier molecular flexibility index (Phi) is 22.9. The van der Waals surface area contributed by atoms with E-state index >= 15 is 0 Å². The Morgan fingerprint density at radius 2 is 0.902 bits per heavy atom. The first-order chi connectivity index (χ1) is 17.3. The Hall–Kier alpha value is -0.780. The topological polar surface area (TPSA) is 228 Å². The zero-order chi connectivity index (χ0) is 27.9. The van der Waals surface area contributed by atoms with Crippen LogP contribution in [0, 0.1) is 0 Å². The van der Waals surface area contributed by atoms with E-state index < -0.39 is 81.2 Å². The van der Waals surface area contributed by atoms with Crippen LogP contribution in [-0.4, -0.2) is 61.0 Å². The molecule has 17 heteroatoms. The number of ether oxygens (including phenoxy) is 1. The zero-order valence-electron chi connectivity index (χ0n) is 23.5. The molecule has 13 nitrogen and oxygen atoms in total. The average molecular weight is 604 g/mol. The van der Waals surface area contributed by atoms with Gasteiger partial charge in [0.05, 0.1) is 37.1 Å². The fourth-order valence-corrected chi connectivity index (χ4v) is 3.18. The van der Waals surface area contributed by atoms with E-state index in [1.54, 1.807) is 0 Å². The van der Waals surface area contributed by atoms with E-state index in [9.17, 15) is 49.2 Å². The Morgan fingerprint density at radius 3 is 1.17 bits per heavy atom. The Morgan fingerprint density at radius 1 is 0.585 bits per heavy atom. The Balaban J connectivity index is -0.00000361. The number of amides is 2. The second-order valence-corrected chi connectivity index (χ2v) is 7.96. The minimum atomic E-state index is -1.68. The minimum absolute atomic E-state index is 0. The summed E-state index contributed by atoms with van der Waals surface area (Å²) in [6, 6.07) is 4.05. The van der Waals surface area contributed by atoms with Gasteiger partial charge < -0.3 is 55.0 Å². The third-order valence-corrected chi connectivity index (χ3v) is 4.93. The Labute approximate surface area is 323 Å². The van der Waals surface area contributed by atoms with Crippen LogP contribution in [-0.2, 0) is 4.74 Å². The molecule has 2 N–H and O–H groups in total. The van der Waals surface area contributed by atoms with Crippen molar-refractivity contribution in [3.8, 4) is 0 Å². The molecule has 0 aliphatic rings. The van der Waals surface area contributed by atoms with Crippen molar-refractivity contribution in [2.75, 3.05) is 13.2 Å². The summed E-state index contributed by atoms with van der Waals surface area (Å²) in [5.41, 5.74) is -2.75. The number of hydrogen-bond acceptors (Lipinski definition) is 11. The summed E-state index contributed by atoms with van der Waals surface area (Å²) in [6.45, 7) is 2.80. The van der Waals surface area contributed by atoms with Gasteiger partial charge in [0.25, 0.3) is 11.8 Å². The molecule has 2 aromatic rings. The summed E-state index contributed by atoms with van der Waals surface area (Å²) < 4.78 is 5.42. The van der Waals surface area contributed by atoms with Crippen molar-refractivity contribution in [1.82, 2.24) is 10.6 Å². The first-order valence-corrected chi connectivity index (χ1v) is 10.6. The standard InChI is InChI=1S/C24H24N2O11.4Na/c1-11(25-19(27)17-7-13(21(29)30)3-5-15(17)23(33)34)9-37-10-12(2)26-20(28)18-8-14(22(31)32)4-6-16(18)24(35)36;;;;/h3-8,11-12H,9-10H2,1-2H3,(H,25,27)(H,26,28)(H,29,30)(H,31,32)(H,33,34)(H,35,36);;;;/q;4*+1/p-4. The van der Waals surface area contributed by atoms with Gasteiger partial charge in [0.1, 0.15) is 0 Å². The summed E-state index contributed by atoms with van der Waals surface area (Å²) >= 11 is 0. The summed E-state index contributed by atoms with van der Waals surface area (Å²) in [5, 5.41) is 49.5. The molecule has 0 aliphatic heterocycles. The third kappa shape index (κ3) is 13.6. The van der Waals surface area contributed by atoms with E-state index in [0.717, 1.165) is 36.4 Å². The van der Waals surface area contributed by atoms with Gasteiger partial charge in [-0.15, -0.1) is 0 Å². The van der Waals surface area contributed by atoms with Crippen molar-refractivity contribution < 1.29 is 172 Å². The molecular formula is C24H20N2Na4O11. The van der Waals surface area contributed by atoms with Crippen molar-refractivity contribution in [2.45, 2.75) is 25.9 Å². The number of carbonyl (C=O) groups is 6. The van der Waals surface area contributed by atoms with Gasteiger partial charge in [-0.2, -0.15) is 0 Å². The number of hydrogen-bond donors (Lipinski definition) is 2. The number of carboxylic acid groups (broad SMARTS) is 4. The van der Waals surface area contributed by atoms with Gasteiger partial charge >= 0.3 is 118 Å². The number of aromatic carboxylic acids is 4. The summed E-state index contributed by atoms with van der Waals surface area (Å²) in [7, 11) is 0. The summed E-state index contributed by atoms with van der Waals surface area (Å²) in [4.78, 5) is 69.6. The molecule has 0 bridgehead atoms. The van der Waals surface area contributed by atoms with E-state index in [1.807, 2.05) is 0 Å². The fourth-order valence-electron chi connectivity index (χ4n) is 3.18. The van der Waals surface area contributed by atoms with Gasteiger partial charge in [-0.1, -0.05) is 24.3 Å².